The van der Waals surface area contributed by atoms with Gasteiger partial charge in [-0.15, -0.1) is 0 Å². The monoisotopic (exact) mass is 368 g/mol. The molecule has 3 N–H and O–H groups in total. The van der Waals surface area contributed by atoms with Gasteiger partial charge in [-0.05, 0) is 24.5 Å². The Hall–Kier alpha value is -2.22. The first-order valence-electron chi connectivity index (χ1n) is 7.96. The molecule has 0 heterocycles. The number of carboxylic acid groups (broad SMARTS) is 1. The van der Waals surface area contributed by atoms with E-state index >= 15 is 0 Å². The van der Waals surface area contributed by atoms with Gasteiger partial charge in [0.05, 0.1) is 10.8 Å². The SMILES string of the molecule is CC(=O)N[C@@H](C(=O)N[C@@H](CC[S@@](=O)c1ccccc1)C(=O)O)C(C)C. The number of rotatable bonds is 9. The molecule has 0 saturated heterocycles. The summed E-state index contributed by atoms with van der Waals surface area (Å²) in [4.78, 5) is 35.5. The minimum atomic E-state index is -1.35. The van der Waals surface area contributed by atoms with Crippen molar-refractivity contribution in [3.05, 3.63) is 30.3 Å². The molecule has 0 spiro atoms. The molecule has 1 aromatic carbocycles. The fourth-order valence-electron chi connectivity index (χ4n) is 2.19. The average molecular weight is 368 g/mol. The molecule has 0 aliphatic rings. The molecule has 1 aromatic rings. The first-order valence-corrected chi connectivity index (χ1v) is 9.28. The molecule has 7 nitrogen and oxygen atoms in total. The van der Waals surface area contributed by atoms with E-state index in [0.717, 1.165) is 0 Å². The Morgan fingerprint density at radius 2 is 1.72 bits per heavy atom. The highest BCUT2D eigenvalue weighted by atomic mass is 32.2. The van der Waals surface area contributed by atoms with E-state index in [1.165, 1.54) is 6.92 Å². The number of amides is 2. The smallest absolute Gasteiger partial charge is 0.326 e. The van der Waals surface area contributed by atoms with Crippen LogP contribution >= 0.6 is 0 Å². The van der Waals surface area contributed by atoms with Crippen molar-refractivity contribution in [1.82, 2.24) is 10.6 Å². The van der Waals surface area contributed by atoms with Crippen LogP contribution < -0.4 is 10.6 Å². The summed E-state index contributed by atoms with van der Waals surface area (Å²) in [6.07, 6.45) is 0.0213. The first kappa shape index (κ1) is 20.8. The number of carbonyl (C=O) groups excluding carboxylic acids is 2. The minimum absolute atomic E-state index is 0.0213. The van der Waals surface area contributed by atoms with Crippen LogP contribution in [0.3, 0.4) is 0 Å². The number of carbonyl (C=O) groups is 3. The Bertz CT molecular complexity index is 633. The fourth-order valence-corrected chi connectivity index (χ4v) is 3.33. The van der Waals surface area contributed by atoms with Crippen LogP contribution in [0.15, 0.2) is 35.2 Å². The molecule has 2 amide bonds. The zero-order chi connectivity index (χ0) is 19.0. The second-order valence-electron chi connectivity index (χ2n) is 5.97. The second kappa shape index (κ2) is 9.93. The summed E-state index contributed by atoms with van der Waals surface area (Å²) in [6.45, 7) is 4.79. The van der Waals surface area contributed by atoms with Crippen LogP contribution in [-0.4, -0.2) is 44.9 Å². The summed E-state index contributed by atoms with van der Waals surface area (Å²) in [6, 6.07) is 6.73. The first-order chi connectivity index (χ1) is 11.7. The van der Waals surface area contributed by atoms with Crippen LogP contribution in [-0.2, 0) is 25.2 Å². The number of benzene rings is 1. The van der Waals surface area contributed by atoms with Crippen LogP contribution in [0.5, 0.6) is 0 Å². The van der Waals surface area contributed by atoms with Crippen LogP contribution in [0.1, 0.15) is 27.2 Å². The molecule has 0 aliphatic heterocycles. The van der Waals surface area contributed by atoms with Crippen molar-refractivity contribution >= 4 is 28.6 Å². The van der Waals surface area contributed by atoms with Gasteiger partial charge in [-0.25, -0.2) is 4.79 Å². The van der Waals surface area contributed by atoms with Crippen molar-refractivity contribution in [2.45, 2.75) is 44.2 Å². The summed E-state index contributed by atoms with van der Waals surface area (Å²) in [5, 5.41) is 14.2. The Morgan fingerprint density at radius 1 is 1.12 bits per heavy atom. The number of aliphatic carboxylic acids is 1. The van der Waals surface area contributed by atoms with Gasteiger partial charge >= 0.3 is 5.97 Å². The van der Waals surface area contributed by atoms with Crippen molar-refractivity contribution in [1.29, 1.82) is 0 Å². The van der Waals surface area contributed by atoms with Gasteiger partial charge in [0.25, 0.3) is 0 Å². The highest BCUT2D eigenvalue weighted by Crippen LogP contribution is 2.09. The van der Waals surface area contributed by atoms with Gasteiger partial charge < -0.3 is 15.7 Å². The minimum Gasteiger partial charge on any atom is -0.480 e. The van der Waals surface area contributed by atoms with Crippen molar-refractivity contribution in [2.24, 2.45) is 5.92 Å². The Morgan fingerprint density at radius 3 is 2.20 bits per heavy atom. The summed E-state index contributed by atoms with van der Waals surface area (Å²) >= 11 is 0. The number of hydrogen-bond acceptors (Lipinski definition) is 4. The topological polar surface area (TPSA) is 113 Å². The predicted octanol–water partition coefficient (Wildman–Crippen LogP) is 0.914. The maximum Gasteiger partial charge on any atom is 0.326 e. The Balaban J connectivity index is 2.70. The van der Waals surface area contributed by atoms with Crippen molar-refractivity contribution < 1.29 is 23.7 Å². The zero-order valence-corrected chi connectivity index (χ0v) is 15.3. The molecule has 0 saturated carbocycles. The summed E-state index contributed by atoms with van der Waals surface area (Å²) in [7, 11) is -1.35. The Labute approximate surface area is 149 Å². The lowest BCUT2D eigenvalue weighted by Crippen LogP contribution is -2.53. The maximum absolute atomic E-state index is 12.3. The number of carboxylic acids is 1. The van der Waals surface area contributed by atoms with Crippen LogP contribution in [0.25, 0.3) is 0 Å². The zero-order valence-electron chi connectivity index (χ0n) is 14.5. The quantitative estimate of drug-likeness (QED) is 0.600. The third-order valence-corrected chi connectivity index (χ3v) is 4.92. The van der Waals surface area contributed by atoms with Gasteiger partial charge in [0, 0.05) is 17.6 Å². The fraction of sp³-hybridized carbons (Fsp3) is 0.471. The lowest BCUT2D eigenvalue weighted by atomic mass is 10.0. The van der Waals surface area contributed by atoms with E-state index in [1.54, 1.807) is 44.2 Å². The molecule has 1 rings (SSSR count). The van der Waals surface area contributed by atoms with E-state index in [-0.39, 0.29) is 24.0 Å². The molecule has 0 unspecified atom stereocenters. The molecule has 0 radical (unpaired) electrons. The van der Waals surface area contributed by atoms with Crippen molar-refractivity contribution in [3.8, 4) is 0 Å². The van der Waals surface area contributed by atoms with Gasteiger partial charge in [-0.1, -0.05) is 32.0 Å². The van der Waals surface area contributed by atoms with Gasteiger partial charge in [0.1, 0.15) is 12.1 Å². The van der Waals surface area contributed by atoms with Crippen LogP contribution in [0.2, 0.25) is 0 Å². The average Bonchev–Trinajstić information content (AvgIpc) is 2.56. The molecular weight excluding hydrogens is 344 g/mol. The van der Waals surface area contributed by atoms with E-state index < -0.39 is 34.8 Å². The highest BCUT2D eigenvalue weighted by Gasteiger charge is 2.28. The lowest BCUT2D eigenvalue weighted by Gasteiger charge is -2.23. The molecule has 0 aromatic heterocycles. The lowest BCUT2D eigenvalue weighted by molar-refractivity contribution is -0.142. The number of nitrogens with one attached hydrogen (secondary N) is 2. The molecule has 3 atom stereocenters. The predicted molar refractivity (Wildman–Crippen MR) is 94.3 cm³/mol. The molecule has 0 fully saturated rings. The third-order valence-electron chi connectivity index (χ3n) is 3.52. The van der Waals surface area contributed by atoms with E-state index in [1.807, 2.05) is 0 Å². The normalized spacial score (nSPS) is 14.4. The molecule has 25 heavy (non-hydrogen) atoms. The van der Waals surface area contributed by atoms with Crippen LogP contribution in [0.4, 0.5) is 0 Å². The Kier molecular flexibility index (Phi) is 8.27. The van der Waals surface area contributed by atoms with Crippen molar-refractivity contribution in [3.63, 3.8) is 0 Å². The van der Waals surface area contributed by atoms with Gasteiger partial charge in [0.15, 0.2) is 0 Å². The molecule has 8 heteroatoms. The summed E-state index contributed by atoms with van der Waals surface area (Å²) < 4.78 is 12.2. The van der Waals surface area contributed by atoms with Gasteiger partial charge in [-0.2, -0.15) is 0 Å². The maximum atomic E-state index is 12.3. The van der Waals surface area contributed by atoms with E-state index in [2.05, 4.69) is 10.6 Å². The largest absolute Gasteiger partial charge is 0.480 e. The van der Waals surface area contributed by atoms with Gasteiger partial charge in [0.2, 0.25) is 11.8 Å². The van der Waals surface area contributed by atoms with E-state index in [4.69, 9.17) is 0 Å². The molecule has 138 valence electrons. The van der Waals surface area contributed by atoms with E-state index in [0.29, 0.717) is 4.90 Å². The van der Waals surface area contributed by atoms with Gasteiger partial charge in [-0.3, -0.25) is 13.8 Å². The number of hydrogen-bond donors (Lipinski definition) is 3. The third kappa shape index (κ3) is 7.04. The standard InChI is InChI=1S/C17H24N2O5S/c1-11(2)15(18-12(3)20)16(21)19-14(17(22)23)9-10-25(24)13-7-5-4-6-8-13/h4-8,11,14-15H,9-10H2,1-3H3,(H,18,20)(H,19,21)(H,22,23)/t14-,15+,25+/m0/s1. The summed E-state index contributed by atoms with van der Waals surface area (Å²) in [5.41, 5.74) is 0. The molecule has 0 bridgehead atoms. The molecular formula is C17H24N2O5S. The molecule has 0 aliphatic carbocycles. The van der Waals surface area contributed by atoms with E-state index in [9.17, 15) is 23.7 Å². The summed E-state index contributed by atoms with van der Waals surface area (Å²) in [5.74, 6) is -2.23. The van der Waals surface area contributed by atoms with Crippen molar-refractivity contribution in [2.75, 3.05) is 5.75 Å². The van der Waals surface area contributed by atoms with Crippen LogP contribution in [0, 0.1) is 5.92 Å². The second-order valence-corrected chi connectivity index (χ2v) is 7.54. The highest BCUT2D eigenvalue weighted by molar-refractivity contribution is 7.85.